The molecule has 219 valence electrons. The number of methoxy groups -OCH3 is 2. The molecule has 6 heteroatoms. The Morgan fingerprint density at radius 1 is 0.854 bits per heavy atom. The fourth-order valence-corrected chi connectivity index (χ4v) is 11.1. The van der Waals surface area contributed by atoms with Gasteiger partial charge in [-0.1, -0.05) is 87.0 Å². The molecule has 0 bridgehead atoms. The highest BCUT2D eigenvalue weighted by atomic mass is 31.2. The van der Waals surface area contributed by atoms with Crippen LogP contribution in [0.5, 0.6) is 11.5 Å². The smallest absolute Gasteiger partial charge is 0.132 e. The molecule has 3 atom stereocenters. The van der Waals surface area contributed by atoms with Gasteiger partial charge in [0.25, 0.3) is 0 Å². The molecule has 5 rings (SSSR count). The van der Waals surface area contributed by atoms with Gasteiger partial charge in [0.1, 0.15) is 22.9 Å². The third kappa shape index (κ3) is 4.44. The summed E-state index contributed by atoms with van der Waals surface area (Å²) in [5, 5.41) is 26.9. The summed E-state index contributed by atoms with van der Waals surface area (Å²) < 4.78 is 18.5. The van der Waals surface area contributed by atoms with Crippen LogP contribution in [0.2, 0.25) is 0 Å². The van der Waals surface area contributed by atoms with Crippen LogP contribution in [-0.2, 0) is 16.4 Å². The van der Waals surface area contributed by atoms with Gasteiger partial charge in [0.15, 0.2) is 0 Å². The molecule has 1 radical (unpaired) electrons. The molecule has 2 N–H and O–H groups in total. The number of ether oxygens (including phenoxy) is 2. The second-order valence-corrected chi connectivity index (χ2v) is 15.2. The van der Waals surface area contributed by atoms with Crippen molar-refractivity contribution in [2.24, 2.45) is 0 Å². The molecule has 0 heterocycles. The van der Waals surface area contributed by atoms with E-state index in [9.17, 15) is 10.2 Å². The topological polar surface area (TPSA) is 68.2 Å². The van der Waals surface area contributed by atoms with E-state index in [2.05, 4.69) is 26.8 Å². The Balaban J connectivity index is 1.70. The van der Waals surface area contributed by atoms with E-state index in [1.807, 2.05) is 67.6 Å². The van der Waals surface area contributed by atoms with Crippen LogP contribution in [0.25, 0.3) is 0 Å². The fraction of sp³-hybridized carbons (Fsp3) is 0.429. The van der Waals surface area contributed by atoms with Gasteiger partial charge in [-0.2, -0.15) is 0 Å². The number of rotatable bonds is 8. The van der Waals surface area contributed by atoms with E-state index in [1.165, 1.54) is 11.1 Å². The van der Waals surface area contributed by atoms with E-state index in [0.29, 0.717) is 18.8 Å². The molecule has 41 heavy (non-hydrogen) atoms. The molecule has 0 fully saturated rings. The number of benzene rings is 3. The number of allylic oxidation sites excluding steroid dienone is 1. The normalized spacial score (nSPS) is 23.2. The van der Waals surface area contributed by atoms with Gasteiger partial charge in [-0.05, 0) is 50.2 Å². The Morgan fingerprint density at radius 2 is 1.44 bits per heavy atom. The molecule has 0 aliphatic heterocycles. The monoisotopic (exact) mass is 575 g/mol. The van der Waals surface area contributed by atoms with E-state index in [-0.39, 0.29) is 5.41 Å². The van der Waals surface area contributed by atoms with Crippen molar-refractivity contribution in [2.75, 3.05) is 21.3 Å². The van der Waals surface area contributed by atoms with Crippen LogP contribution in [0.15, 0.2) is 77.9 Å². The summed E-state index contributed by atoms with van der Waals surface area (Å²) in [6.07, 6.45) is 2.61. The minimum atomic E-state index is -2.90. The predicted molar refractivity (Wildman–Crippen MR) is 168 cm³/mol. The molecule has 0 saturated carbocycles. The minimum Gasteiger partial charge on any atom is -0.496 e. The highest BCUT2D eigenvalue weighted by molar-refractivity contribution is 7.85. The summed E-state index contributed by atoms with van der Waals surface area (Å²) in [6.45, 7) is 8.63. The number of hydrogen-bond donors (Lipinski definition) is 2. The highest BCUT2D eigenvalue weighted by Gasteiger charge is 2.57. The first-order chi connectivity index (χ1) is 19.6. The Morgan fingerprint density at radius 3 is 1.93 bits per heavy atom. The van der Waals surface area contributed by atoms with Crippen molar-refractivity contribution in [3.63, 3.8) is 0 Å². The van der Waals surface area contributed by atoms with Crippen LogP contribution in [0.1, 0.15) is 69.6 Å². The van der Waals surface area contributed by atoms with Crippen molar-refractivity contribution in [2.45, 2.75) is 76.2 Å². The Kier molecular flexibility index (Phi) is 8.13. The summed E-state index contributed by atoms with van der Waals surface area (Å²) in [7, 11) is 2.26. The van der Waals surface area contributed by atoms with Gasteiger partial charge in [-0.15, -0.1) is 0 Å². The first-order valence-corrected chi connectivity index (χ1v) is 16.3. The van der Waals surface area contributed by atoms with Gasteiger partial charge in [-0.3, -0.25) is 0 Å². The molecular weight excluding hydrogens is 531 g/mol. The highest BCUT2D eigenvalue weighted by Crippen LogP contribution is 2.67. The summed E-state index contributed by atoms with van der Waals surface area (Å²) >= 11 is 0. The number of aliphatic hydroxyl groups excluding tert-OH is 1. The SMILES string of the molecule is COc1cc(C(C)C)c(OC)c2c1C1(C)CCC(O)(C(O)[P](OC)(c3ccccc3)c3ccccc3)C(C)=C1CC2. The zero-order valence-electron chi connectivity index (χ0n) is 25.4. The summed E-state index contributed by atoms with van der Waals surface area (Å²) in [5.41, 5.74) is 3.70. The molecule has 0 saturated heterocycles. The maximum absolute atomic E-state index is 12.6. The van der Waals surface area contributed by atoms with Crippen LogP contribution < -0.4 is 20.1 Å². The van der Waals surface area contributed by atoms with Crippen LogP contribution in [0.3, 0.4) is 0 Å². The molecule has 5 nitrogen and oxygen atoms in total. The van der Waals surface area contributed by atoms with E-state index in [4.69, 9.17) is 14.0 Å². The molecular formula is C35H44O5P. The first kappa shape index (κ1) is 29.8. The predicted octanol–water partition coefficient (Wildman–Crippen LogP) is 6.42. The number of hydrogen-bond acceptors (Lipinski definition) is 5. The van der Waals surface area contributed by atoms with Crippen LogP contribution in [-0.4, -0.2) is 43.0 Å². The Hall–Kier alpha value is -2.69. The van der Waals surface area contributed by atoms with Gasteiger partial charge < -0.3 is 24.2 Å². The minimum absolute atomic E-state index is 0.296. The molecule has 3 unspecified atom stereocenters. The van der Waals surface area contributed by atoms with Crippen LogP contribution >= 0.6 is 7.49 Å². The summed E-state index contributed by atoms with van der Waals surface area (Å²) in [4.78, 5) is 0. The number of aliphatic hydroxyl groups is 2. The maximum atomic E-state index is 12.6. The number of fused-ring (bicyclic) bond motifs is 3. The molecule has 0 spiro atoms. The zero-order valence-corrected chi connectivity index (χ0v) is 26.3. The lowest BCUT2D eigenvalue weighted by molar-refractivity contribution is -0.0283. The third-order valence-electron chi connectivity index (χ3n) is 9.71. The first-order valence-electron chi connectivity index (χ1n) is 14.5. The van der Waals surface area contributed by atoms with E-state index in [1.54, 1.807) is 21.3 Å². The van der Waals surface area contributed by atoms with Gasteiger partial charge in [0.05, 0.1) is 21.7 Å². The lowest BCUT2D eigenvalue weighted by atomic mass is 9.58. The Labute approximate surface area is 245 Å². The van der Waals surface area contributed by atoms with Crippen molar-refractivity contribution in [1.82, 2.24) is 0 Å². The van der Waals surface area contributed by atoms with Gasteiger partial charge in [0, 0.05) is 39.8 Å². The average molecular weight is 576 g/mol. The van der Waals surface area contributed by atoms with E-state index in [0.717, 1.165) is 51.6 Å². The standard InChI is InChI=1S/C35H44O5P/c1-23(2)28-22-30(38-5)31-27(32(28)39-6)18-19-29-24(3)35(37,21-20-34(29,31)4)33(36)41(40-7,25-14-10-8-11-15-25)26-16-12-9-13-17-26/h8-17,22-23,33,36-37H,18-21H2,1-7H3. The lowest BCUT2D eigenvalue weighted by Crippen LogP contribution is -2.54. The fourth-order valence-electron chi connectivity index (χ4n) is 7.50. The second kappa shape index (κ2) is 11.2. The van der Waals surface area contributed by atoms with Gasteiger partial charge in [-0.25, -0.2) is 0 Å². The summed E-state index contributed by atoms with van der Waals surface area (Å²) in [6, 6.07) is 22.0. The van der Waals surface area contributed by atoms with Crippen LogP contribution in [0.4, 0.5) is 0 Å². The lowest BCUT2D eigenvalue weighted by Gasteiger charge is -2.53. The average Bonchev–Trinajstić information content (AvgIpc) is 3.00. The quantitative estimate of drug-likeness (QED) is 0.240. The van der Waals surface area contributed by atoms with Crippen molar-refractivity contribution in [1.29, 1.82) is 0 Å². The Bertz CT molecular complexity index is 1390. The van der Waals surface area contributed by atoms with Crippen molar-refractivity contribution >= 4 is 18.1 Å². The van der Waals surface area contributed by atoms with Crippen molar-refractivity contribution < 1.29 is 24.2 Å². The largest absolute Gasteiger partial charge is 0.496 e. The molecule has 3 aromatic carbocycles. The summed E-state index contributed by atoms with van der Waals surface area (Å²) in [5.74, 6) is 0.967. The maximum Gasteiger partial charge on any atom is 0.132 e. The van der Waals surface area contributed by atoms with E-state index >= 15 is 0 Å². The molecule has 0 amide bonds. The van der Waals surface area contributed by atoms with E-state index < -0.39 is 18.9 Å². The van der Waals surface area contributed by atoms with Crippen LogP contribution in [0, 0.1) is 0 Å². The molecule has 0 aromatic heterocycles. The van der Waals surface area contributed by atoms with Crippen molar-refractivity contribution in [3.8, 4) is 11.5 Å². The van der Waals surface area contributed by atoms with Gasteiger partial charge >= 0.3 is 0 Å². The third-order valence-corrected chi connectivity index (χ3v) is 13.5. The molecule has 2 aliphatic carbocycles. The molecule has 2 aliphatic rings. The van der Waals surface area contributed by atoms with Crippen molar-refractivity contribution in [3.05, 3.63) is 94.6 Å². The second-order valence-electron chi connectivity index (χ2n) is 12.0. The zero-order chi connectivity index (χ0) is 29.6. The van der Waals surface area contributed by atoms with Gasteiger partial charge in [0.2, 0.25) is 0 Å². The molecule has 3 aromatic rings.